The molecule has 0 aromatic heterocycles. The molecular formula is C14H24O. The third kappa shape index (κ3) is 2.84. The van der Waals surface area contributed by atoms with E-state index in [0.717, 1.165) is 24.2 Å². The van der Waals surface area contributed by atoms with Crippen LogP contribution in [0.3, 0.4) is 0 Å². The third-order valence-corrected chi connectivity index (χ3v) is 4.07. The topological polar surface area (TPSA) is 20.2 Å². The van der Waals surface area contributed by atoms with Gasteiger partial charge < -0.3 is 5.11 Å². The van der Waals surface area contributed by atoms with Crippen LogP contribution in [0.1, 0.15) is 52.4 Å². The van der Waals surface area contributed by atoms with Crippen molar-refractivity contribution in [3.63, 3.8) is 0 Å². The second kappa shape index (κ2) is 4.69. The van der Waals surface area contributed by atoms with Crippen LogP contribution < -0.4 is 0 Å². The fourth-order valence-corrected chi connectivity index (χ4v) is 3.52. The van der Waals surface area contributed by atoms with E-state index >= 15 is 0 Å². The maximum absolute atomic E-state index is 9.67. The van der Waals surface area contributed by atoms with E-state index in [9.17, 15) is 5.11 Å². The monoisotopic (exact) mass is 208 g/mol. The van der Waals surface area contributed by atoms with Crippen LogP contribution in [0.15, 0.2) is 11.6 Å². The van der Waals surface area contributed by atoms with Gasteiger partial charge in [-0.05, 0) is 56.3 Å². The van der Waals surface area contributed by atoms with Crippen molar-refractivity contribution in [1.82, 2.24) is 0 Å². The second-order valence-corrected chi connectivity index (χ2v) is 5.82. The largest absolute Gasteiger partial charge is 0.389 e. The lowest BCUT2D eigenvalue weighted by Gasteiger charge is -2.34. The van der Waals surface area contributed by atoms with Crippen molar-refractivity contribution in [3.8, 4) is 0 Å². The highest BCUT2D eigenvalue weighted by Crippen LogP contribution is 2.39. The molecule has 2 aliphatic carbocycles. The van der Waals surface area contributed by atoms with Crippen molar-refractivity contribution in [2.24, 2.45) is 17.8 Å². The molecule has 1 nitrogen and oxygen atoms in total. The summed E-state index contributed by atoms with van der Waals surface area (Å²) in [7, 11) is 0. The van der Waals surface area contributed by atoms with Gasteiger partial charge in [0.1, 0.15) is 0 Å². The number of allylic oxidation sites excluding steroid dienone is 1. The minimum absolute atomic E-state index is 0.152. The first-order chi connectivity index (χ1) is 7.15. The van der Waals surface area contributed by atoms with Gasteiger partial charge in [0.2, 0.25) is 0 Å². The molecule has 1 fully saturated rings. The summed E-state index contributed by atoms with van der Waals surface area (Å²) in [5, 5.41) is 9.67. The lowest BCUT2D eigenvalue weighted by atomic mass is 9.71. The average molecular weight is 208 g/mol. The van der Waals surface area contributed by atoms with Crippen LogP contribution in [0.2, 0.25) is 0 Å². The summed E-state index contributed by atoms with van der Waals surface area (Å²) in [6.45, 7) is 4.75. The van der Waals surface area contributed by atoms with Gasteiger partial charge in [0.05, 0.1) is 6.10 Å². The van der Waals surface area contributed by atoms with Crippen LogP contribution >= 0.6 is 0 Å². The zero-order valence-electron chi connectivity index (χ0n) is 10.1. The number of hydrogen-bond donors (Lipinski definition) is 1. The molecule has 0 radical (unpaired) electrons. The van der Waals surface area contributed by atoms with Gasteiger partial charge in [-0.25, -0.2) is 0 Å². The molecule has 0 heterocycles. The van der Waals surface area contributed by atoms with Crippen LogP contribution in [-0.4, -0.2) is 11.2 Å². The number of aliphatic hydroxyl groups excluding tert-OH is 1. The van der Waals surface area contributed by atoms with Gasteiger partial charge in [-0.3, -0.25) is 0 Å². The highest BCUT2D eigenvalue weighted by Gasteiger charge is 2.27. The normalized spacial score (nSPS) is 42.5. The van der Waals surface area contributed by atoms with Gasteiger partial charge in [0.25, 0.3) is 0 Å². The molecular weight excluding hydrogens is 184 g/mol. The Kier molecular flexibility index (Phi) is 3.50. The van der Waals surface area contributed by atoms with E-state index in [4.69, 9.17) is 0 Å². The highest BCUT2D eigenvalue weighted by molar-refractivity contribution is 5.13. The Labute approximate surface area is 93.6 Å². The predicted octanol–water partition coefficient (Wildman–Crippen LogP) is 3.53. The van der Waals surface area contributed by atoms with Crippen molar-refractivity contribution in [2.75, 3.05) is 0 Å². The fourth-order valence-electron chi connectivity index (χ4n) is 3.52. The van der Waals surface area contributed by atoms with Gasteiger partial charge in [-0.15, -0.1) is 0 Å². The summed E-state index contributed by atoms with van der Waals surface area (Å²) in [6, 6.07) is 0. The van der Waals surface area contributed by atoms with Crippen molar-refractivity contribution < 1.29 is 5.11 Å². The first kappa shape index (κ1) is 11.2. The molecule has 1 N–H and O–H groups in total. The molecule has 0 bridgehead atoms. The highest BCUT2D eigenvalue weighted by atomic mass is 16.3. The maximum atomic E-state index is 9.67. The lowest BCUT2D eigenvalue weighted by molar-refractivity contribution is 0.189. The molecule has 0 amide bonds. The van der Waals surface area contributed by atoms with E-state index in [1.807, 2.05) is 0 Å². The Morgan fingerprint density at radius 3 is 2.40 bits per heavy atom. The molecule has 86 valence electrons. The maximum Gasteiger partial charge on any atom is 0.0723 e. The Morgan fingerprint density at radius 1 is 1.13 bits per heavy atom. The second-order valence-electron chi connectivity index (χ2n) is 5.82. The van der Waals surface area contributed by atoms with Gasteiger partial charge in [-0.2, -0.15) is 0 Å². The standard InChI is InChI=1S/C14H24O/c1-10-6-11(2)8-13(7-10)12-4-3-5-14(15)9-12/h9-11,13-15H,3-8H2,1-2H3. The van der Waals surface area contributed by atoms with Crippen molar-refractivity contribution in [2.45, 2.75) is 58.5 Å². The van der Waals surface area contributed by atoms with E-state index in [1.165, 1.54) is 32.1 Å². The number of hydrogen-bond acceptors (Lipinski definition) is 1. The average Bonchev–Trinajstić information content (AvgIpc) is 2.16. The van der Waals surface area contributed by atoms with Crippen LogP contribution in [0, 0.1) is 17.8 Å². The van der Waals surface area contributed by atoms with Crippen molar-refractivity contribution in [1.29, 1.82) is 0 Å². The zero-order valence-corrected chi connectivity index (χ0v) is 10.1. The summed E-state index contributed by atoms with van der Waals surface area (Å²) in [6.07, 6.45) is 9.49. The molecule has 0 aromatic carbocycles. The summed E-state index contributed by atoms with van der Waals surface area (Å²) in [5.41, 5.74) is 1.56. The molecule has 0 aliphatic heterocycles. The van der Waals surface area contributed by atoms with E-state index < -0.39 is 0 Å². The smallest absolute Gasteiger partial charge is 0.0723 e. The third-order valence-electron chi connectivity index (χ3n) is 4.07. The van der Waals surface area contributed by atoms with Gasteiger partial charge in [-0.1, -0.05) is 25.5 Å². The molecule has 3 atom stereocenters. The van der Waals surface area contributed by atoms with Gasteiger partial charge in [0, 0.05) is 0 Å². The Bertz CT molecular complexity index is 234. The van der Waals surface area contributed by atoms with Crippen LogP contribution in [0.4, 0.5) is 0 Å². The van der Waals surface area contributed by atoms with Gasteiger partial charge >= 0.3 is 0 Å². The summed E-state index contributed by atoms with van der Waals surface area (Å²) in [4.78, 5) is 0. The first-order valence-electron chi connectivity index (χ1n) is 6.53. The molecule has 0 aromatic rings. The molecule has 2 aliphatic rings. The molecule has 15 heavy (non-hydrogen) atoms. The van der Waals surface area contributed by atoms with Crippen LogP contribution in [0.5, 0.6) is 0 Å². The predicted molar refractivity (Wildman–Crippen MR) is 63.6 cm³/mol. The minimum Gasteiger partial charge on any atom is -0.389 e. The molecule has 1 saturated carbocycles. The van der Waals surface area contributed by atoms with E-state index in [1.54, 1.807) is 5.57 Å². The molecule has 2 rings (SSSR count). The first-order valence-corrected chi connectivity index (χ1v) is 6.53. The Morgan fingerprint density at radius 2 is 1.80 bits per heavy atom. The Balaban J connectivity index is 2.03. The van der Waals surface area contributed by atoms with Gasteiger partial charge in [0.15, 0.2) is 0 Å². The van der Waals surface area contributed by atoms with E-state index in [-0.39, 0.29) is 6.10 Å². The minimum atomic E-state index is -0.152. The lowest BCUT2D eigenvalue weighted by Crippen LogP contribution is -2.23. The van der Waals surface area contributed by atoms with Crippen molar-refractivity contribution in [3.05, 3.63) is 11.6 Å². The Hall–Kier alpha value is -0.300. The summed E-state index contributed by atoms with van der Waals surface area (Å²) in [5.74, 6) is 2.52. The van der Waals surface area contributed by atoms with Crippen molar-refractivity contribution >= 4 is 0 Å². The van der Waals surface area contributed by atoms with E-state index in [2.05, 4.69) is 19.9 Å². The SMILES string of the molecule is CC1CC(C)CC(C2=CC(O)CCC2)C1. The molecule has 0 spiro atoms. The number of rotatable bonds is 1. The van der Waals surface area contributed by atoms with Crippen LogP contribution in [-0.2, 0) is 0 Å². The van der Waals surface area contributed by atoms with Crippen LogP contribution in [0.25, 0.3) is 0 Å². The molecule has 0 saturated heterocycles. The summed E-state index contributed by atoms with van der Waals surface area (Å²) < 4.78 is 0. The zero-order chi connectivity index (χ0) is 10.8. The summed E-state index contributed by atoms with van der Waals surface area (Å²) >= 11 is 0. The quantitative estimate of drug-likeness (QED) is 0.654. The molecule has 1 heteroatoms. The fraction of sp³-hybridized carbons (Fsp3) is 0.857. The van der Waals surface area contributed by atoms with E-state index in [0.29, 0.717) is 0 Å². The molecule has 3 unspecified atom stereocenters. The number of aliphatic hydroxyl groups is 1.